The lowest BCUT2D eigenvalue weighted by Gasteiger charge is -2.46. The Morgan fingerprint density at radius 1 is 1.10 bits per heavy atom. The van der Waals surface area contributed by atoms with E-state index in [1.807, 2.05) is 18.2 Å². The molecule has 4 rings (SSSR count). The first-order chi connectivity index (χ1) is 20.2. The van der Waals surface area contributed by atoms with Gasteiger partial charge in [0, 0.05) is 34.8 Å². The highest BCUT2D eigenvalue weighted by atomic mass is 35.5. The number of nitrogen functional groups attached to an aromatic ring is 1. The number of hydrogen-bond donors (Lipinski definition) is 2. The van der Waals surface area contributed by atoms with Crippen molar-refractivity contribution in [1.82, 2.24) is 5.32 Å². The number of nitrogens with two attached hydrogens (primary N) is 1. The van der Waals surface area contributed by atoms with Crippen LogP contribution in [0.25, 0.3) is 0 Å². The molecule has 1 aromatic carbocycles. The van der Waals surface area contributed by atoms with Crippen molar-refractivity contribution in [1.29, 1.82) is 0 Å². The van der Waals surface area contributed by atoms with Gasteiger partial charge in [0.2, 0.25) is 5.91 Å². The molecule has 2 aliphatic carbocycles. The maximum Gasteiger partial charge on any atom is 0.247 e. The Balaban J connectivity index is 1.66. The Morgan fingerprint density at radius 3 is 2.48 bits per heavy atom. The number of carbonyl (C=O) groups excluding carboxylic acids is 2. The number of ketones is 1. The Kier molecular flexibility index (Phi) is 11.5. The number of anilines is 1. The zero-order valence-corrected chi connectivity index (χ0v) is 27.1. The second-order valence-electron chi connectivity index (χ2n) is 13.1. The van der Waals surface area contributed by atoms with E-state index in [4.69, 9.17) is 22.3 Å². The zero-order valence-electron chi connectivity index (χ0n) is 26.3. The summed E-state index contributed by atoms with van der Waals surface area (Å²) in [5.41, 5.74) is 10.0. The molecule has 1 heterocycles. The van der Waals surface area contributed by atoms with E-state index in [-0.39, 0.29) is 29.1 Å². The number of benzene rings is 1. The van der Waals surface area contributed by atoms with Crippen LogP contribution in [0.1, 0.15) is 117 Å². The van der Waals surface area contributed by atoms with Crippen LogP contribution in [0.15, 0.2) is 46.5 Å². The second kappa shape index (κ2) is 14.9. The highest BCUT2D eigenvalue weighted by Gasteiger charge is 2.48. The van der Waals surface area contributed by atoms with Crippen LogP contribution in [0.3, 0.4) is 0 Å². The number of rotatable bonds is 11. The number of unbranched alkanes of at least 4 members (excludes halogenated alkanes) is 2. The van der Waals surface area contributed by atoms with Crippen molar-refractivity contribution < 1.29 is 9.59 Å². The number of nitrogens with zero attached hydrogens (tertiary/aromatic N) is 1. The molecule has 0 saturated heterocycles. The summed E-state index contributed by atoms with van der Waals surface area (Å²) >= 11 is 6.41. The van der Waals surface area contributed by atoms with E-state index in [1.54, 1.807) is 6.07 Å². The molecule has 1 spiro atoms. The van der Waals surface area contributed by atoms with Gasteiger partial charge in [0.1, 0.15) is 5.71 Å². The lowest BCUT2D eigenvalue weighted by molar-refractivity contribution is -0.117. The van der Waals surface area contributed by atoms with Crippen LogP contribution in [0.5, 0.6) is 0 Å². The summed E-state index contributed by atoms with van der Waals surface area (Å²) in [5, 5.41) is 3.64. The van der Waals surface area contributed by atoms with E-state index in [0.717, 1.165) is 94.2 Å². The first-order valence-corrected chi connectivity index (χ1v) is 17.0. The fourth-order valence-electron chi connectivity index (χ4n) is 7.72. The molecular formula is C36H52ClN3O2. The van der Waals surface area contributed by atoms with Gasteiger partial charge in [-0.05, 0) is 93.2 Å². The predicted octanol–water partition coefficient (Wildman–Crippen LogP) is 8.64. The zero-order chi connectivity index (χ0) is 30.3. The number of aliphatic imine (C=N–C) groups is 1. The molecule has 1 fully saturated rings. The number of carbonyl (C=O) groups is 2. The normalized spacial score (nSPS) is 27.1. The quantitative estimate of drug-likeness (QED) is 0.199. The van der Waals surface area contributed by atoms with Gasteiger partial charge in [-0.3, -0.25) is 14.6 Å². The lowest BCUT2D eigenvalue weighted by atomic mass is 9.62. The Bertz CT molecular complexity index is 1190. The molecule has 1 amide bonds. The third-order valence-corrected chi connectivity index (χ3v) is 10.6. The van der Waals surface area contributed by atoms with Gasteiger partial charge in [0.25, 0.3) is 0 Å². The van der Waals surface area contributed by atoms with Gasteiger partial charge in [0.05, 0.1) is 5.54 Å². The van der Waals surface area contributed by atoms with Gasteiger partial charge in [-0.25, -0.2) is 0 Å². The van der Waals surface area contributed by atoms with Crippen molar-refractivity contribution >= 4 is 34.7 Å². The van der Waals surface area contributed by atoms with Crippen LogP contribution in [0, 0.1) is 23.7 Å². The Morgan fingerprint density at radius 2 is 1.86 bits per heavy atom. The largest absolute Gasteiger partial charge is 0.399 e. The molecule has 1 saturated carbocycles. The first-order valence-electron chi connectivity index (χ1n) is 16.6. The monoisotopic (exact) mass is 593 g/mol. The Hall–Kier alpha value is -2.40. The van der Waals surface area contributed by atoms with Crippen LogP contribution >= 0.6 is 11.6 Å². The SMILES string of the molecule is CCCCCNC(=O)C1=CC=C(C(CCC)C2CC(=O)C(c3cc(N)cc(Cl)c3)=NC3(CCC(CC)CC3)C2C)CC1. The number of amides is 1. The fraction of sp³-hybridized carbons (Fsp3) is 0.639. The summed E-state index contributed by atoms with van der Waals surface area (Å²) in [6, 6.07) is 5.42. The fourth-order valence-corrected chi connectivity index (χ4v) is 7.96. The van der Waals surface area contributed by atoms with E-state index in [0.29, 0.717) is 28.8 Å². The molecule has 3 N–H and O–H groups in total. The first kappa shape index (κ1) is 32.5. The van der Waals surface area contributed by atoms with Crippen LogP contribution < -0.4 is 11.1 Å². The maximum absolute atomic E-state index is 14.1. The molecule has 3 unspecified atom stereocenters. The molecule has 6 heteroatoms. The van der Waals surface area contributed by atoms with Crippen molar-refractivity contribution in [2.45, 2.75) is 117 Å². The van der Waals surface area contributed by atoms with Crippen molar-refractivity contribution in [3.8, 4) is 0 Å². The average Bonchev–Trinajstić information content (AvgIpc) is 3.08. The molecular weight excluding hydrogens is 542 g/mol. The molecule has 1 aromatic rings. The summed E-state index contributed by atoms with van der Waals surface area (Å²) in [7, 11) is 0. The van der Waals surface area contributed by atoms with Crippen LogP contribution in [0.2, 0.25) is 5.02 Å². The number of Topliss-reactive ketones (excluding diaryl/α,β-unsaturated/α-hetero) is 1. The summed E-state index contributed by atoms with van der Waals surface area (Å²) in [5.74, 6) is 1.64. The summed E-state index contributed by atoms with van der Waals surface area (Å²) < 4.78 is 0. The predicted molar refractivity (Wildman–Crippen MR) is 176 cm³/mol. The standard InChI is InChI=1S/C36H52ClN3O2/c1-5-8-9-19-39-35(42)27-13-11-26(12-14-27)31(10-6-2)32-23-33(41)34(28-20-29(37)22-30(38)21-28)40-36(24(32)4)17-15-25(7-3)16-18-36/h11,13,20-22,24-25,31-32H,5-10,12,14-19,23,38H2,1-4H3,(H,39,42). The third-order valence-electron chi connectivity index (χ3n) is 10.4. The second-order valence-corrected chi connectivity index (χ2v) is 13.5. The molecule has 0 aromatic heterocycles. The Labute approximate surface area is 258 Å². The minimum atomic E-state index is -0.268. The van der Waals surface area contributed by atoms with Crippen molar-refractivity contribution in [3.05, 3.63) is 52.1 Å². The molecule has 1 aliphatic heterocycles. The lowest BCUT2D eigenvalue weighted by Crippen LogP contribution is -2.43. The van der Waals surface area contributed by atoms with Gasteiger partial charge in [-0.15, -0.1) is 0 Å². The summed E-state index contributed by atoms with van der Waals surface area (Å²) in [6.07, 6.45) is 17.3. The smallest absolute Gasteiger partial charge is 0.247 e. The minimum Gasteiger partial charge on any atom is -0.399 e. The van der Waals surface area contributed by atoms with E-state index in [1.165, 1.54) is 12.0 Å². The number of allylic oxidation sites excluding steroid dienone is 3. The average molecular weight is 594 g/mol. The molecule has 0 radical (unpaired) electrons. The number of nitrogens with one attached hydrogen (secondary N) is 1. The summed E-state index contributed by atoms with van der Waals surface area (Å²) in [6.45, 7) is 9.80. The molecule has 42 heavy (non-hydrogen) atoms. The molecule has 3 atom stereocenters. The number of hydrogen-bond acceptors (Lipinski definition) is 4. The molecule has 5 nitrogen and oxygen atoms in total. The number of halogens is 1. The van der Waals surface area contributed by atoms with Crippen molar-refractivity contribution in [2.24, 2.45) is 28.7 Å². The summed E-state index contributed by atoms with van der Waals surface area (Å²) in [4.78, 5) is 32.3. The van der Waals surface area contributed by atoms with Gasteiger partial charge in [-0.2, -0.15) is 0 Å². The van der Waals surface area contributed by atoms with Crippen LogP contribution in [-0.4, -0.2) is 29.5 Å². The van der Waals surface area contributed by atoms with Crippen LogP contribution in [0.4, 0.5) is 5.69 Å². The van der Waals surface area contributed by atoms with Gasteiger partial charge < -0.3 is 11.1 Å². The van der Waals surface area contributed by atoms with Gasteiger partial charge in [0.15, 0.2) is 5.78 Å². The van der Waals surface area contributed by atoms with Gasteiger partial charge in [-0.1, -0.05) is 82.7 Å². The van der Waals surface area contributed by atoms with Crippen molar-refractivity contribution in [3.63, 3.8) is 0 Å². The highest BCUT2D eigenvalue weighted by molar-refractivity contribution is 6.47. The molecule has 0 bridgehead atoms. The van der Waals surface area contributed by atoms with E-state index in [2.05, 4.69) is 39.1 Å². The van der Waals surface area contributed by atoms with Gasteiger partial charge >= 0.3 is 0 Å². The minimum absolute atomic E-state index is 0.0666. The van der Waals surface area contributed by atoms with E-state index in [9.17, 15) is 9.59 Å². The maximum atomic E-state index is 14.1. The highest BCUT2D eigenvalue weighted by Crippen LogP contribution is 2.50. The molecule has 3 aliphatic rings. The van der Waals surface area contributed by atoms with Crippen molar-refractivity contribution in [2.75, 3.05) is 12.3 Å². The van der Waals surface area contributed by atoms with Crippen LogP contribution in [-0.2, 0) is 9.59 Å². The van der Waals surface area contributed by atoms with E-state index < -0.39 is 0 Å². The van der Waals surface area contributed by atoms with E-state index >= 15 is 0 Å². The topological polar surface area (TPSA) is 84.5 Å². The third kappa shape index (κ3) is 7.56. The molecule has 230 valence electrons.